The van der Waals surface area contributed by atoms with Crippen LogP contribution in [0.1, 0.15) is 24.8 Å². The van der Waals surface area contributed by atoms with Crippen molar-refractivity contribution in [3.63, 3.8) is 0 Å². The van der Waals surface area contributed by atoms with Crippen molar-refractivity contribution in [2.24, 2.45) is 0 Å². The first kappa shape index (κ1) is 14.5. The van der Waals surface area contributed by atoms with Crippen molar-refractivity contribution in [2.45, 2.75) is 31.9 Å². The minimum atomic E-state index is -0.175. The third-order valence-electron chi connectivity index (χ3n) is 4.35. The van der Waals surface area contributed by atoms with Crippen LogP contribution < -0.4 is 0 Å². The molecule has 1 amide bonds. The van der Waals surface area contributed by atoms with Gasteiger partial charge in [0, 0.05) is 39.3 Å². The van der Waals surface area contributed by atoms with E-state index >= 15 is 0 Å². The molecular formula is C17H24N2O2. The average molecular weight is 288 g/mol. The van der Waals surface area contributed by atoms with E-state index in [1.807, 2.05) is 11.0 Å². The van der Waals surface area contributed by atoms with Gasteiger partial charge in [0.1, 0.15) is 6.10 Å². The van der Waals surface area contributed by atoms with Gasteiger partial charge in [-0.25, -0.2) is 0 Å². The second-order valence-electron chi connectivity index (χ2n) is 5.94. The first-order chi connectivity index (χ1) is 10.3. The van der Waals surface area contributed by atoms with Crippen LogP contribution in [0.3, 0.4) is 0 Å². The van der Waals surface area contributed by atoms with Crippen LogP contribution in [0.2, 0.25) is 0 Å². The minimum absolute atomic E-state index is 0.175. The van der Waals surface area contributed by atoms with Crippen molar-refractivity contribution in [1.29, 1.82) is 0 Å². The van der Waals surface area contributed by atoms with Crippen LogP contribution in [0.15, 0.2) is 30.3 Å². The summed E-state index contributed by atoms with van der Waals surface area (Å²) >= 11 is 0. The number of ether oxygens (including phenoxy) is 1. The Morgan fingerprint density at radius 1 is 1.10 bits per heavy atom. The summed E-state index contributed by atoms with van der Waals surface area (Å²) < 4.78 is 5.53. The number of benzene rings is 1. The van der Waals surface area contributed by atoms with Crippen molar-refractivity contribution >= 4 is 5.91 Å². The topological polar surface area (TPSA) is 32.8 Å². The second-order valence-corrected chi connectivity index (χ2v) is 5.94. The maximum atomic E-state index is 12.4. The number of carbonyl (C=O) groups is 1. The number of nitrogens with zero attached hydrogens (tertiary/aromatic N) is 2. The molecule has 0 spiro atoms. The van der Waals surface area contributed by atoms with Gasteiger partial charge < -0.3 is 9.64 Å². The highest BCUT2D eigenvalue weighted by Gasteiger charge is 2.29. The first-order valence-electron chi connectivity index (χ1n) is 7.99. The van der Waals surface area contributed by atoms with Crippen molar-refractivity contribution in [3.05, 3.63) is 35.9 Å². The zero-order valence-corrected chi connectivity index (χ0v) is 12.5. The molecule has 1 aromatic rings. The van der Waals surface area contributed by atoms with E-state index in [1.54, 1.807) is 0 Å². The number of rotatable bonds is 3. The lowest BCUT2D eigenvalue weighted by atomic mass is 10.2. The Hall–Kier alpha value is -1.39. The maximum absolute atomic E-state index is 12.4. The van der Waals surface area contributed by atoms with E-state index < -0.39 is 0 Å². The van der Waals surface area contributed by atoms with E-state index in [9.17, 15) is 4.79 Å². The quantitative estimate of drug-likeness (QED) is 0.851. The molecule has 2 heterocycles. The molecule has 21 heavy (non-hydrogen) atoms. The molecule has 0 aromatic heterocycles. The summed E-state index contributed by atoms with van der Waals surface area (Å²) in [6, 6.07) is 10.6. The van der Waals surface area contributed by atoms with Gasteiger partial charge in [-0.15, -0.1) is 0 Å². The molecule has 0 bridgehead atoms. The molecule has 1 atom stereocenters. The Kier molecular flexibility index (Phi) is 4.88. The van der Waals surface area contributed by atoms with Crippen LogP contribution in [0.25, 0.3) is 0 Å². The van der Waals surface area contributed by atoms with Gasteiger partial charge in [0.15, 0.2) is 0 Å². The lowest BCUT2D eigenvalue weighted by Crippen LogP contribution is -2.41. The van der Waals surface area contributed by atoms with E-state index in [4.69, 9.17) is 4.74 Å². The molecule has 4 heteroatoms. The highest BCUT2D eigenvalue weighted by molar-refractivity contribution is 5.81. The number of hydrogen-bond acceptors (Lipinski definition) is 3. The molecule has 1 aromatic carbocycles. The highest BCUT2D eigenvalue weighted by Crippen LogP contribution is 2.16. The van der Waals surface area contributed by atoms with Crippen LogP contribution in [0, 0.1) is 0 Å². The van der Waals surface area contributed by atoms with E-state index in [0.29, 0.717) is 0 Å². The Morgan fingerprint density at radius 2 is 1.95 bits per heavy atom. The van der Waals surface area contributed by atoms with E-state index in [-0.39, 0.29) is 12.0 Å². The zero-order valence-electron chi connectivity index (χ0n) is 12.5. The fourth-order valence-corrected chi connectivity index (χ4v) is 3.17. The minimum Gasteiger partial charge on any atom is -0.368 e. The van der Waals surface area contributed by atoms with Crippen molar-refractivity contribution < 1.29 is 9.53 Å². The van der Waals surface area contributed by atoms with Gasteiger partial charge >= 0.3 is 0 Å². The van der Waals surface area contributed by atoms with Crippen molar-refractivity contribution in [1.82, 2.24) is 9.80 Å². The van der Waals surface area contributed by atoms with Gasteiger partial charge in [-0.2, -0.15) is 0 Å². The lowest BCUT2D eigenvalue weighted by Gasteiger charge is -2.24. The Morgan fingerprint density at radius 3 is 2.71 bits per heavy atom. The average Bonchev–Trinajstić information content (AvgIpc) is 2.95. The van der Waals surface area contributed by atoms with Crippen molar-refractivity contribution in [2.75, 3.05) is 32.8 Å². The lowest BCUT2D eigenvalue weighted by molar-refractivity contribution is -0.140. The molecule has 4 nitrogen and oxygen atoms in total. The van der Waals surface area contributed by atoms with E-state index in [0.717, 1.165) is 58.6 Å². The van der Waals surface area contributed by atoms with Crippen LogP contribution >= 0.6 is 0 Å². The summed E-state index contributed by atoms with van der Waals surface area (Å²) in [5.41, 5.74) is 1.34. The Labute approximate surface area is 126 Å². The van der Waals surface area contributed by atoms with Crippen LogP contribution in [0.4, 0.5) is 0 Å². The fourth-order valence-electron chi connectivity index (χ4n) is 3.17. The van der Waals surface area contributed by atoms with Gasteiger partial charge in [-0.05, 0) is 24.8 Å². The monoisotopic (exact) mass is 288 g/mol. The third kappa shape index (κ3) is 3.83. The SMILES string of the molecule is O=C(C1CCCO1)N1CCCN(Cc2ccccc2)CC1. The van der Waals surface area contributed by atoms with E-state index in [2.05, 4.69) is 29.2 Å². The van der Waals surface area contributed by atoms with Gasteiger partial charge in [-0.1, -0.05) is 30.3 Å². The number of carbonyl (C=O) groups excluding carboxylic acids is 1. The molecule has 114 valence electrons. The molecule has 0 radical (unpaired) electrons. The van der Waals surface area contributed by atoms with Crippen molar-refractivity contribution in [3.8, 4) is 0 Å². The summed E-state index contributed by atoms with van der Waals surface area (Å²) in [6.07, 6.45) is 2.78. The molecule has 3 rings (SSSR count). The molecule has 2 aliphatic heterocycles. The zero-order chi connectivity index (χ0) is 14.5. The summed E-state index contributed by atoms with van der Waals surface area (Å²) in [5.74, 6) is 0.203. The van der Waals surface area contributed by atoms with Gasteiger partial charge in [0.05, 0.1) is 0 Å². The smallest absolute Gasteiger partial charge is 0.251 e. The predicted molar refractivity (Wildman–Crippen MR) is 81.9 cm³/mol. The van der Waals surface area contributed by atoms with Crippen LogP contribution in [-0.2, 0) is 16.1 Å². The van der Waals surface area contributed by atoms with Gasteiger partial charge in [0.25, 0.3) is 5.91 Å². The fraction of sp³-hybridized carbons (Fsp3) is 0.588. The maximum Gasteiger partial charge on any atom is 0.251 e. The summed E-state index contributed by atoms with van der Waals surface area (Å²) in [4.78, 5) is 16.8. The number of hydrogen-bond donors (Lipinski definition) is 0. The summed E-state index contributed by atoms with van der Waals surface area (Å²) in [6.45, 7) is 5.42. The Balaban J connectivity index is 1.53. The van der Waals surface area contributed by atoms with E-state index in [1.165, 1.54) is 5.56 Å². The largest absolute Gasteiger partial charge is 0.368 e. The summed E-state index contributed by atoms with van der Waals surface area (Å²) in [7, 11) is 0. The molecule has 2 aliphatic rings. The molecular weight excluding hydrogens is 264 g/mol. The third-order valence-corrected chi connectivity index (χ3v) is 4.35. The van der Waals surface area contributed by atoms with Gasteiger partial charge in [-0.3, -0.25) is 9.69 Å². The highest BCUT2D eigenvalue weighted by atomic mass is 16.5. The van der Waals surface area contributed by atoms with Gasteiger partial charge in [0.2, 0.25) is 0 Å². The molecule has 0 N–H and O–H groups in total. The second kappa shape index (κ2) is 7.05. The molecule has 1 unspecified atom stereocenters. The molecule has 0 saturated carbocycles. The standard InChI is InChI=1S/C17H24N2O2/c20-17(16-8-4-13-21-16)19-10-5-9-18(11-12-19)14-15-6-2-1-3-7-15/h1-3,6-7,16H,4-5,8-14H2. The Bertz CT molecular complexity index is 457. The number of amides is 1. The summed E-state index contributed by atoms with van der Waals surface area (Å²) in [5, 5.41) is 0. The molecule has 2 fully saturated rings. The molecule has 2 saturated heterocycles. The predicted octanol–water partition coefficient (Wildman–Crippen LogP) is 1.90. The van der Waals surface area contributed by atoms with Crippen LogP contribution in [-0.4, -0.2) is 54.6 Å². The first-order valence-corrected chi connectivity index (χ1v) is 7.99. The molecule has 0 aliphatic carbocycles. The normalized spacial score (nSPS) is 24.0. The van der Waals surface area contributed by atoms with Crippen LogP contribution in [0.5, 0.6) is 0 Å².